The largest absolute Gasteiger partial charge is 0.493 e. The van der Waals surface area contributed by atoms with Gasteiger partial charge < -0.3 is 24.8 Å². The first-order valence-corrected chi connectivity index (χ1v) is 14.0. The summed E-state index contributed by atoms with van der Waals surface area (Å²) in [6.07, 6.45) is 3.05. The van der Waals surface area contributed by atoms with Gasteiger partial charge in [0.2, 0.25) is 11.8 Å². The van der Waals surface area contributed by atoms with E-state index in [1.807, 2.05) is 0 Å². The zero-order valence-electron chi connectivity index (χ0n) is 22.0. The Morgan fingerprint density at radius 2 is 1.61 bits per heavy atom. The number of pyridine rings is 1. The van der Waals surface area contributed by atoms with Gasteiger partial charge in [-0.15, -0.1) is 0 Å². The summed E-state index contributed by atoms with van der Waals surface area (Å²) in [6, 6.07) is 14.3. The van der Waals surface area contributed by atoms with Crippen LogP contribution in [0.2, 0.25) is 0 Å². The summed E-state index contributed by atoms with van der Waals surface area (Å²) in [5, 5.41) is 6.67. The third-order valence-corrected chi connectivity index (χ3v) is 7.21. The Morgan fingerprint density at radius 3 is 2.27 bits per heavy atom. The van der Waals surface area contributed by atoms with Crippen molar-refractivity contribution in [3.63, 3.8) is 0 Å². The van der Waals surface area contributed by atoms with Crippen LogP contribution in [0.15, 0.2) is 66.9 Å². The van der Waals surface area contributed by atoms with Gasteiger partial charge in [-0.2, -0.15) is 0 Å². The lowest BCUT2D eigenvalue weighted by Gasteiger charge is -2.16. The summed E-state index contributed by atoms with van der Waals surface area (Å²) in [5.41, 5.74) is -0.142. The van der Waals surface area contributed by atoms with E-state index in [1.165, 1.54) is 43.5 Å². The Hall–Kier alpha value is -4.25. The maximum absolute atomic E-state index is 15.1. The number of fused-ring (bicyclic) bond motifs is 1. The lowest BCUT2D eigenvalue weighted by molar-refractivity contribution is -0.131. The van der Waals surface area contributed by atoms with Crippen molar-refractivity contribution < 1.29 is 32.6 Å². The summed E-state index contributed by atoms with van der Waals surface area (Å²) in [5.74, 6) is -0.890. The van der Waals surface area contributed by atoms with Crippen LogP contribution in [-0.4, -0.2) is 35.8 Å². The maximum Gasteiger partial charge on any atom is 0.240 e. The molecule has 0 bridgehead atoms. The second-order valence-corrected chi connectivity index (χ2v) is 10.3. The van der Waals surface area contributed by atoms with E-state index in [0.717, 1.165) is 17.8 Å². The van der Waals surface area contributed by atoms with Crippen molar-refractivity contribution >= 4 is 50.0 Å². The molecule has 8 nitrogen and oxygen atoms in total. The van der Waals surface area contributed by atoms with Gasteiger partial charge in [-0.05, 0) is 67.8 Å². The van der Waals surface area contributed by atoms with Gasteiger partial charge in [0.1, 0.15) is 17.0 Å². The molecule has 0 aliphatic heterocycles. The molecule has 1 aliphatic carbocycles. The van der Waals surface area contributed by atoms with Gasteiger partial charge in [-0.25, -0.2) is 8.78 Å². The van der Waals surface area contributed by atoms with Crippen molar-refractivity contribution in [2.75, 3.05) is 29.7 Å². The molecular formula is C30H26BrF2N3O5. The lowest BCUT2D eigenvalue weighted by Crippen LogP contribution is -2.35. The average molecular weight is 626 g/mol. The number of amides is 2. The van der Waals surface area contributed by atoms with Crippen LogP contribution in [0.5, 0.6) is 23.0 Å². The minimum atomic E-state index is -1.27. The number of hydrogen-bond donors (Lipinski definition) is 2. The van der Waals surface area contributed by atoms with Crippen LogP contribution in [0, 0.1) is 17.0 Å². The smallest absolute Gasteiger partial charge is 0.240 e. The second kappa shape index (κ2) is 12.1. The number of alkyl halides is 1. The Balaban J connectivity index is 1.29. The highest BCUT2D eigenvalue weighted by Gasteiger charge is 2.56. The van der Waals surface area contributed by atoms with Crippen LogP contribution >= 0.6 is 15.9 Å². The molecule has 1 heterocycles. The number of rotatable bonds is 11. The zero-order valence-corrected chi connectivity index (χ0v) is 23.6. The van der Waals surface area contributed by atoms with Crippen LogP contribution in [0.4, 0.5) is 20.2 Å². The molecule has 212 valence electrons. The molecule has 0 unspecified atom stereocenters. The van der Waals surface area contributed by atoms with Gasteiger partial charge in [0, 0.05) is 40.4 Å². The zero-order chi connectivity index (χ0) is 29.0. The van der Waals surface area contributed by atoms with Crippen LogP contribution in [-0.2, 0) is 9.59 Å². The van der Waals surface area contributed by atoms with Crippen molar-refractivity contribution in [3.05, 3.63) is 78.5 Å². The molecule has 2 N–H and O–H groups in total. The minimum Gasteiger partial charge on any atom is -0.493 e. The van der Waals surface area contributed by atoms with Gasteiger partial charge in [-0.1, -0.05) is 15.9 Å². The number of anilines is 2. The van der Waals surface area contributed by atoms with Crippen molar-refractivity contribution in [3.8, 4) is 23.0 Å². The number of benzene rings is 3. The summed E-state index contributed by atoms with van der Waals surface area (Å²) >= 11 is 3.37. The van der Waals surface area contributed by atoms with Crippen molar-refractivity contribution in [2.24, 2.45) is 5.41 Å². The number of nitrogens with one attached hydrogen (secondary N) is 2. The summed E-state index contributed by atoms with van der Waals surface area (Å²) in [7, 11) is 1.53. The molecule has 0 spiro atoms. The molecule has 2 amide bonds. The maximum atomic E-state index is 15.1. The predicted molar refractivity (Wildman–Crippen MR) is 154 cm³/mol. The fourth-order valence-corrected chi connectivity index (χ4v) is 4.45. The molecule has 1 saturated carbocycles. The highest BCUT2D eigenvalue weighted by Crippen LogP contribution is 2.47. The van der Waals surface area contributed by atoms with E-state index in [-0.39, 0.29) is 11.4 Å². The number of halogens is 3. The highest BCUT2D eigenvalue weighted by molar-refractivity contribution is 9.09. The Labute approximate surface area is 243 Å². The van der Waals surface area contributed by atoms with Crippen molar-refractivity contribution in [1.29, 1.82) is 0 Å². The molecule has 0 radical (unpaired) electrons. The Kier molecular flexibility index (Phi) is 8.34. The summed E-state index contributed by atoms with van der Waals surface area (Å²) < 4.78 is 45.4. The fourth-order valence-electron chi connectivity index (χ4n) is 4.22. The second-order valence-electron chi connectivity index (χ2n) is 9.46. The summed E-state index contributed by atoms with van der Waals surface area (Å²) in [4.78, 5) is 30.1. The molecule has 4 aromatic rings. The molecule has 1 aromatic heterocycles. The number of nitrogens with zero attached hydrogens (tertiary/aromatic N) is 1. The number of aromatic nitrogens is 1. The molecule has 1 aliphatic rings. The molecule has 1 fully saturated rings. The SMILES string of the molecule is COc1cc2c(Oc3ccc(NC(=O)C4(C(=O)Nc5ccc(F)cc5)CC4)cc3F)ccnc2cc1OCCCBr. The van der Waals surface area contributed by atoms with Gasteiger partial charge in [0.15, 0.2) is 23.1 Å². The number of carbonyl (C=O) groups is 2. The van der Waals surface area contributed by atoms with E-state index >= 15 is 4.39 Å². The third-order valence-electron chi connectivity index (χ3n) is 6.65. The molecular weight excluding hydrogens is 600 g/mol. The number of ether oxygens (including phenoxy) is 3. The van der Waals surface area contributed by atoms with Crippen molar-refractivity contribution in [1.82, 2.24) is 4.98 Å². The number of carbonyl (C=O) groups excluding carboxylic acids is 2. The van der Waals surface area contributed by atoms with Crippen molar-refractivity contribution in [2.45, 2.75) is 19.3 Å². The van der Waals surface area contributed by atoms with Gasteiger partial charge >= 0.3 is 0 Å². The van der Waals surface area contributed by atoms with Gasteiger partial charge in [0.25, 0.3) is 0 Å². The Morgan fingerprint density at radius 1 is 0.902 bits per heavy atom. The average Bonchev–Trinajstić information content (AvgIpc) is 3.78. The van der Waals surface area contributed by atoms with Crippen LogP contribution < -0.4 is 24.8 Å². The van der Waals surface area contributed by atoms with Crippen LogP contribution in [0.25, 0.3) is 10.9 Å². The van der Waals surface area contributed by atoms with E-state index in [4.69, 9.17) is 14.2 Å². The number of methoxy groups -OCH3 is 1. The predicted octanol–water partition coefficient (Wildman–Crippen LogP) is 6.84. The minimum absolute atomic E-state index is 0.0673. The van der Waals surface area contributed by atoms with E-state index in [1.54, 1.807) is 24.4 Å². The van der Waals surface area contributed by atoms with Crippen LogP contribution in [0.1, 0.15) is 19.3 Å². The summed E-state index contributed by atoms with van der Waals surface area (Å²) in [6.45, 7) is 0.497. The quantitative estimate of drug-likeness (QED) is 0.108. The van der Waals surface area contributed by atoms with Gasteiger partial charge in [-0.3, -0.25) is 14.6 Å². The molecule has 0 atom stereocenters. The van der Waals surface area contributed by atoms with E-state index < -0.39 is 28.9 Å². The molecule has 5 rings (SSSR count). The van der Waals surface area contributed by atoms with Crippen LogP contribution in [0.3, 0.4) is 0 Å². The highest BCUT2D eigenvalue weighted by atomic mass is 79.9. The molecule has 11 heteroatoms. The standard InChI is InChI=1S/C30H26BrF2N3O5/c1-39-26-16-21-23(17-27(26)40-14-2-12-31)34-13-9-24(21)41-25-8-7-20(15-22(25)33)36-29(38)30(10-11-30)28(37)35-19-5-3-18(32)4-6-19/h3-9,13,15-17H,2,10-12,14H2,1H3,(H,35,37)(H,36,38). The van der Waals surface area contributed by atoms with E-state index in [0.29, 0.717) is 53.3 Å². The number of hydrogen-bond acceptors (Lipinski definition) is 6. The van der Waals surface area contributed by atoms with E-state index in [9.17, 15) is 14.0 Å². The Bertz CT molecular complexity index is 1600. The van der Waals surface area contributed by atoms with E-state index in [2.05, 4.69) is 31.5 Å². The van der Waals surface area contributed by atoms with Gasteiger partial charge in [0.05, 0.1) is 19.2 Å². The first-order chi connectivity index (χ1) is 19.8. The first-order valence-electron chi connectivity index (χ1n) is 12.8. The normalized spacial score (nSPS) is 13.4. The third kappa shape index (κ3) is 6.25. The molecule has 41 heavy (non-hydrogen) atoms. The fraction of sp³-hybridized carbons (Fsp3) is 0.233. The monoisotopic (exact) mass is 625 g/mol. The topological polar surface area (TPSA) is 98.8 Å². The first kappa shape index (κ1) is 28.3. The molecule has 0 saturated heterocycles. The lowest BCUT2D eigenvalue weighted by atomic mass is 10.0. The molecule has 3 aromatic carbocycles.